The summed E-state index contributed by atoms with van der Waals surface area (Å²) in [6.07, 6.45) is -5.05. The van der Waals surface area contributed by atoms with E-state index in [1.54, 1.807) is 0 Å². The number of hydrogen-bond acceptors (Lipinski definition) is 10. The summed E-state index contributed by atoms with van der Waals surface area (Å²) >= 11 is 0. The van der Waals surface area contributed by atoms with Crippen LogP contribution in [-0.2, 0) is 31.5 Å². The van der Waals surface area contributed by atoms with E-state index in [9.17, 15) is 29.7 Å². The largest absolute Gasteiger partial charge is 5.00 e. The molecule has 0 aliphatic rings. The Balaban J connectivity index is -0.000000392. The van der Waals surface area contributed by atoms with E-state index in [1.165, 1.54) is 0 Å². The standard InChI is InChI=1S/C6H8O7.CH2O3.Fe/c7-3(8)1-6(13,5(11)12)2-4(9)10;2-1(3)4;/h13H,1-2H2,(H,7,8)(H,9,10)(H,11,12);(H2,2,3,4);/q;;+5/p-5. The van der Waals surface area contributed by atoms with Gasteiger partial charge in [-0.1, -0.05) is 0 Å². The van der Waals surface area contributed by atoms with Crippen LogP contribution in [0.1, 0.15) is 12.8 Å². The van der Waals surface area contributed by atoms with E-state index < -0.39 is 42.5 Å². The van der Waals surface area contributed by atoms with Crippen molar-refractivity contribution < 1.29 is 66.9 Å². The molecule has 0 spiro atoms. The second-order valence-corrected chi connectivity index (χ2v) is 2.67. The maximum atomic E-state index is 10.1. The Morgan fingerprint density at radius 2 is 1.06 bits per heavy atom. The molecule has 1 radical (unpaired) electrons. The number of carbonyl (C=O) groups excluding carboxylic acids is 4. The Morgan fingerprint density at radius 1 is 0.833 bits per heavy atom. The SMILES string of the molecule is O=C([O-])CC(O)(CC(=O)[O-])C(=O)[O-].O=C([O-])[O-].[Fe+5]. The molecular formula is C7H5FeO10. The molecule has 0 atom stereocenters. The van der Waals surface area contributed by atoms with Crippen molar-refractivity contribution in [3.05, 3.63) is 0 Å². The van der Waals surface area contributed by atoms with E-state index in [0.29, 0.717) is 0 Å². The second-order valence-electron chi connectivity index (χ2n) is 2.67. The Labute approximate surface area is 110 Å². The zero-order valence-corrected chi connectivity index (χ0v) is 9.49. The molecule has 0 rings (SSSR count). The van der Waals surface area contributed by atoms with Crippen LogP contribution in [0.15, 0.2) is 0 Å². The van der Waals surface area contributed by atoms with Crippen LogP contribution in [0.5, 0.6) is 0 Å². The van der Waals surface area contributed by atoms with Crippen molar-refractivity contribution in [3.63, 3.8) is 0 Å². The van der Waals surface area contributed by atoms with Gasteiger partial charge in [0.25, 0.3) is 0 Å². The van der Waals surface area contributed by atoms with Crippen LogP contribution in [0.25, 0.3) is 0 Å². The normalized spacial score (nSPS) is 9.17. The molecule has 0 saturated heterocycles. The number of rotatable bonds is 5. The van der Waals surface area contributed by atoms with E-state index >= 15 is 0 Å². The van der Waals surface area contributed by atoms with E-state index in [-0.39, 0.29) is 17.1 Å². The molecule has 0 aromatic rings. The van der Waals surface area contributed by atoms with Crippen LogP contribution < -0.4 is 25.5 Å². The van der Waals surface area contributed by atoms with Crippen molar-refractivity contribution in [1.82, 2.24) is 0 Å². The first-order chi connectivity index (χ1) is 7.51. The smallest absolute Gasteiger partial charge is 0.652 e. The number of aliphatic carboxylic acids is 3. The molecule has 1 N–H and O–H groups in total. The predicted octanol–water partition coefficient (Wildman–Crippen LogP) is -7.70. The van der Waals surface area contributed by atoms with Gasteiger partial charge in [-0.2, -0.15) is 0 Å². The van der Waals surface area contributed by atoms with Crippen molar-refractivity contribution in [3.8, 4) is 0 Å². The van der Waals surface area contributed by atoms with Gasteiger partial charge in [0.1, 0.15) is 5.60 Å². The van der Waals surface area contributed by atoms with Crippen LogP contribution in [0.2, 0.25) is 0 Å². The van der Waals surface area contributed by atoms with E-state index in [4.69, 9.17) is 20.1 Å². The molecular weight excluding hydrogens is 300 g/mol. The number of carboxylic acid groups (broad SMARTS) is 5. The van der Waals surface area contributed by atoms with Gasteiger partial charge in [-0.25, -0.2) is 0 Å². The topological polar surface area (TPSA) is 204 Å². The van der Waals surface area contributed by atoms with Gasteiger partial charge in [0, 0.05) is 24.8 Å². The maximum Gasteiger partial charge on any atom is 5.00 e. The summed E-state index contributed by atoms with van der Waals surface area (Å²) in [5.41, 5.74) is -2.97. The summed E-state index contributed by atoms with van der Waals surface area (Å²) < 4.78 is 0. The molecule has 0 aliphatic heterocycles. The van der Waals surface area contributed by atoms with Crippen molar-refractivity contribution >= 4 is 24.1 Å². The van der Waals surface area contributed by atoms with E-state index in [1.807, 2.05) is 0 Å². The van der Waals surface area contributed by atoms with Gasteiger partial charge in [0.05, 0.1) is 5.97 Å². The molecule has 18 heavy (non-hydrogen) atoms. The van der Waals surface area contributed by atoms with E-state index in [0.717, 1.165) is 0 Å². The fraction of sp³-hybridized carbons (Fsp3) is 0.429. The Kier molecular flexibility index (Phi) is 11.0. The Morgan fingerprint density at radius 3 is 1.17 bits per heavy atom. The quantitative estimate of drug-likeness (QED) is 0.474. The fourth-order valence-electron chi connectivity index (χ4n) is 0.684. The van der Waals surface area contributed by atoms with Gasteiger partial charge in [0.2, 0.25) is 0 Å². The minimum atomic E-state index is -2.97. The molecule has 0 bridgehead atoms. The van der Waals surface area contributed by atoms with Crippen molar-refractivity contribution in [1.29, 1.82) is 0 Å². The number of hydrogen-bond donors (Lipinski definition) is 1. The van der Waals surface area contributed by atoms with Gasteiger partial charge >= 0.3 is 17.1 Å². The zero-order chi connectivity index (χ0) is 14.2. The van der Waals surface area contributed by atoms with Crippen molar-refractivity contribution in [2.45, 2.75) is 18.4 Å². The first-order valence-electron chi connectivity index (χ1n) is 3.72. The number of aliphatic hydroxyl groups is 1. The fourth-order valence-corrected chi connectivity index (χ4v) is 0.684. The Hall–Kier alpha value is -1.84. The molecule has 0 heterocycles. The van der Waals surface area contributed by atoms with Crippen LogP contribution in [0, 0.1) is 0 Å². The molecule has 101 valence electrons. The molecule has 0 saturated carbocycles. The first kappa shape index (κ1) is 21.4. The third kappa shape index (κ3) is 12.2. The molecule has 0 fully saturated rings. The summed E-state index contributed by atoms with van der Waals surface area (Å²) in [6, 6.07) is 0. The van der Waals surface area contributed by atoms with Gasteiger partial charge in [-0.15, -0.1) is 0 Å². The monoisotopic (exact) mass is 305 g/mol. The number of carbonyl (C=O) groups is 4. The van der Waals surface area contributed by atoms with Gasteiger partial charge in [-0.05, 0) is 6.16 Å². The zero-order valence-electron chi connectivity index (χ0n) is 8.39. The second kappa shape index (κ2) is 9.22. The predicted molar refractivity (Wildman–Crippen MR) is 34.6 cm³/mol. The van der Waals surface area contributed by atoms with Crippen LogP contribution in [0.3, 0.4) is 0 Å². The summed E-state index contributed by atoms with van der Waals surface area (Å²) in [7, 11) is 0. The summed E-state index contributed by atoms with van der Waals surface area (Å²) in [6.45, 7) is 0. The molecule has 11 heteroatoms. The molecule has 0 aromatic heterocycles. The first-order valence-corrected chi connectivity index (χ1v) is 3.72. The molecule has 0 amide bonds. The summed E-state index contributed by atoms with van der Waals surface area (Å²) in [5, 5.41) is 55.6. The minimum Gasteiger partial charge on any atom is -0.652 e. The van der Waals surface area contributed by atoms with Gasteiger partial charge in [-0.3, -0.25) is 0 Å². The average Bonchev–Trinajstić information content (AvgIpc) is 1.98. The Bertz CT molecular complexity index is 304. The van der Waals surface area contributed by atoms with Gasteiger partial charge in [0.15, 0.2) is 0 Å². The molecule has 0 aliphatic carbocycles. The van der Waals surface area contributed by atoms with Crippen LogP contribution in [0.4, 0.5) is 4.79 Å². The number of carboxylic acids is 3. The molecule has 10 nitrogen and oxygen atoms in total. The summed E-state index contributed by atoms with van der Waals surface area (Å²) in [4.78, 5) is 38.3. The molecule has 0 unspecified atom stereocenters. The van der Waals surface area contributed by atoms with Crippen molar-refractivity contribution in [2.24, 2.45) is 0 Å². The summed E-state index contributed by atoms with van der Waals surface area (Å²) in [5.74, 6) is -5.98. The van der Waals surface area contributed by atoms with E-state index in [2.05, 4.69) is 0 Å². The third-order valence-electron chi connectivity index (χ3n) is 1.25. The van der Waals surface area contributed by atoms with Crippen molar-refractivity contribution in [2.75, 3.05) is 0 Å². The molecule has 0 aromatic carbocycles. The maximum absolute atomic E-state index is 10.1. The minimum absolute atomic E-state index is 0. The van der Waals surface area contributed by atoms with Gasteiger partial charge < -0.3 is 49.8 Å². The average molecular weight is 305 g/mol. The van der Waals surface area contributed by atoms with Crippen LogP contribution >= 0.6 is 0 Å². The third-order valence-corrected chi connectivity index (χ3v) is 1.25. The van der Waals surface area contributed by atoms with Crippen LogP contribution in [-0.4, -0.2) is 34.8 Å².